The van der Waals surface area contributed by atoms with Gasteiger partial charge in [-0.15, -0.1) is 0 Å². The van der Waals surface area contributed by atoms with E-state index >= 15 is 0 Å². The van der Waals surface area contributed by atoms with Crippen molar-refractivity contribution in [2.75, 3.05) is 26.8 Å². The van der Waals surface area contributed by atoms with Gasteiger partial charge in [0.25, 0.3) is 0 Å². The molecule has 0 aliphatic heterocycles. The molecule has 1 aliphatic carbocycles. The third kappa shape index (κ3) is 4.28. The smallest absolute Gasteiger partial charge is 0.227 e. The van der Waals surface area contributed by atoms with Gasteiger partial charge in [-0.2, -0.15) is 0 Å². The Morgan fingerprint density at radius 2 is 1.94 bits per heavy atom. The van der Waals surface area contributed by atoms with Crippen molar-refractivity contribution in [3.8, 4) is 0 Å². The van der Waals surface area contributed by atoms with E-state index in [0.29, 0.717) is 19.7 Å². The summed E-state index contributed by atoms with van der Waals surface area (Å²) in [6.45, 7) is 1.85. The summed E-state index contributed by atoms with van der Waals surface area (Å²) in [6.07, 6.45) is 7.48. The first-order chi connectivity index (χ1) is 8.25. The van der Waals surface area contributed by atoms with Gasteiger partial charge in [0.05, 0.1) is 5.41 Å². The van der Waals surface area contributed by atoms with Gasteiger partial charge in [-0.05, 0) is 19.3 Å². The van der Waals surface area contributed by atoms with E-state index in [1.807, 2.05) is 0 Å². The molecule has 0 heterocycles. The molecule has 0 bridgehead atoms. The van der Waals surface area contributed by atoms with Crippen LogP contribution < -0.4 is 11.1 Å². The van der Waals surface area contributed by atoms with Crippen molar-refractivity contribution >= 4 is 5.91 Å². The summed E-state index contributed by atoms with van der Waals surface area (Å²) in [5, 5.41) is 3.01. The van der Waals surface area contributed by atoms with Crippen LogP contribution in [0.1, 0.15) is 44.9 Å². The minimum absolute atomic E-state index is 0.151. The molecule has 1 aliphatic rings. The molecule has 0 atom stereocenters. The van der Waals surface area contributed by atoms with Crippen molar-refractivity contribution in [2.24, 2.45) is 11.1 Å². The first-order valence-corrected chi connectivity index (χ1v) is 6.72. The molecular weight excluding hydrogens is 216 g/mol. The van der Waals surface area contributed by atoms with Crippen molar-refractivity contribution in [3.05, 3.63) is 0 Å². The number of carbonyl (C=O) groups is 1. The Labute approximate surface area is 104 Å². The molecule has 0 aromatic heterocycles. The van der Waals surface area contributed by atoms with E-state index in [1.165, 1.54) is 12.8 Å². The SMILES string of the molecule is COCCCNC(=O)C1(CN)CCCCCC1. The standard InChI is InChI=1S/C13H26N2O2/c1-17-10-6-9-15-12(16)13(11-14)7-4-2-3-5-8-13/h2-11,14H2,1H3,(H,15,16). The van der Waals surface area contributed by atoms with E-state index in [0.717, 1.165) is 32.1 Å². The Bertz CT molecular complexity index is 223. The van der Waals surface area contributed by atoms with Gasteiger partial charge in [-0.25, -0.2) is 0 Å². The van der Waals surface area contributed by atoms with Crippen LogP contribution in [-0.2, 0) is 9.53 Å². The highest BCUT2D eigenvalue weighted by atomic mass is 16.5. The second-order valence-corrected chi connectivity index (χ2v) is 5.00. The average Bonchev–Trinajstić information content (AvgIpc) is 2.60. The number of nitrogens with one attached hydrogen (secondary N) is 1. The zero-order valence-corrected chi connectivity index (χ0v) is 11.0. The quantitative estimate of drug-likeness (QED) is 0.547. The molecule has 1 rings (SSSR count). The van der Waals surface area contributed by atoms with Crippen LogP contribution in [0.3, 0.4) is 0 Å². The maximum absolute atomic E-state index is 12.2. The maximum Gasteiger partial charge on any atom is 0.227 e. The van der Waals surface area contributed by atoms with Crippen LogP contribution in [0, 0.1) is 5.41 Å². The van der Waals surface area contributed by atoms with Gasteiger partial charge < -0.3 is 15.8 Å². The first kappa shape index (κ1) is 14.5. The summed E-state index contributed by atoms with van der Waals surface area (Å²) >= 11 is 0. The maximum atomic E-state index is 12.2. The number of amides is 1. The molecule has 0 aromatic rings. The van der Waals surface area contributed by atoms with E-state index in [-0.39, 0.29) is 11.3 Å². The number of nitrogens with two attached hydrogens (primary N) is 1. The fourth-order valence-corrected chi connectivity index (χ4v) is 2.54. The van der Waals surface area contributed by atoms with Crippen molar-refractivity contribution in [3.63, 3.8) is 0 Å². The minimum Gasteiger partial charge on any atom is -0.385 e. The summed E-state index contributed by atoms with van der Waals surface area (Å²) in [6, 6.07) is 0. The lowest BCUT2D eigenvalue weighted by Crippen LogP contribution is -2.46. The van der Waals surface area contributed by atoms with Crippen LogP contribution in [0.5, 0.6) is 0 Å². The summed E-state index contributed by atoms with van der Waals surface area (Å²) in [5.74, 6) is 0.151. The second-order valence-electron chi connectivity index (χ2n) is 5.00. The van der Waals surface area contributed by atoms with Crippen LogP contribution in [0.4, 0.5) is 0 Å². The fourth-order valence-electron chi connectivity index (χ4n) is 2.54. The monoisotopic (exact) mass is 242 g/mol. The summed E-state index contributed by atoms with van der Waals surface area (Å²) in [5.41, 5.74) is 5.55. The van der Waals surface area contributed by atoms with Gasteiger partial charge in [0.15, 0.2) is 0 Å². The Morgan fingerprint density at radius 3 is 2.47 bits per heavy atom. The number of carbonyl (C=O) groups excluding carboxylic acids is 1. The Hall–Kier alpha value is -0.610. The van der Waals surface area contributed by atoms with Crippen molar-refractivity contribution in [2.45, 2.75) is 44.9 Å². The first-order valence-electron chi connectivity index (χ1n) is 6.72. The lowest BCUT2D eigenvalue weighted by Gasteiger charge is -2.29. The third-order valence-electron chi connectivity index (χ3n) is 3.74. The number of hydrogen-bond acceptors (Lipinski definition) is 3. The third-order valence-corrected chi connectivity index (χ3v) is 3.74. The van der Waals surface area contributed by atoms with Crippen molar-refractivity contribution in [1.29, 1.82) is 0 Å². The Morgan fingerprint density at radius 1 is 1.29 bits per heavy atom. The number of methoxy groups -OCH3 is 1. The number of ether oxygens (including phenoxy) is 1. The predicted molar refractivity (Wildman–Crippen MR) is 68.7 cm³/mol. The number of hydrogen-bond donors (Lipinski definition) is 2. The Kier molecular flexibility index (Phi) is 6.52. The van der Waals surface area contributed by atoms with Gasteiger partial charge >= 0.3 is 0 Å². The van der Waals surface area contributed by atoms with Gasteiger partial charge in [-0.1, -0.05) is 25.7 Å². The normalized spacial score (nSPS) is 19.6. The molecule has 0 spiro atoms. The largest absolute Gasteiger partial charge is 0.385 e. The topological polar surface area (TPSA) is 64.3 Å². The molecule has 0 aromatic carbocycles. The fraction of sp³-hybridized carbons (Fsp3) is 0.923. The molecule has 1 amide bonds. The zero-order chi connectivity index (χ0) is 12.6. The van der Waals surface area contributed by atoms with E-state index < -0.39 is 0 Å². The van der Waals surface area contributed by atoms with Crippen molar-refractivity contribution in [1.82, 2.24) is 5.32 Å². The highest BCUT2D eigenvalue weighted by molar-refractivity contribution is 5.82. The molecule has 17 heavy (non-hydrogen) atoms. The molecule has 1 saturated carbocycles. The minimum atomic E-state index is -0.302. The molecule has 100 valence electrons. The lowest BCUT2D eigenvalue weighted by molar-refractivity contribution is -0.131. The van der Waals surface area contributed by atoms with Crippen molar-refractivity contribution < 1.29 is 9.53 Å². The van der Waals surface area contributed by atoms with E-state index in [1.54, 1.807) is 7.11 Å². The van der Waals surface area contributed by atoms with E-state index in [9.17, 15) is 4.79 Å². The van der Waals surface area contributed by atoms with Crippen LogP contribution in [0.25, 0.3) is 0 Å². The van der Waals surface area contributed by atoms with Crippen LogP contribution >= 0.6 is 0 Å². The molecule has 4 heteroatoms. The van der Waals surface area contributed by atoms with Crippen LogP contribution in [-0.4, -0.2) is 32.7 Å². The van der Waals surface area contributed by atoms with Gasteiger partial charge in [0.2, 0.25) is 5.91 Å². The molecule has 4 nitrogen and oxygen atoms in total. The van der Waals surface area contributed by atoms with Gasteiger partial charge in [-0.3, -0.25) is 4.79 Å². The van der Waals surface area contributed by atoms with Crippen LogP contribution in [0.15, 0.2) is 0 Å². The van der Waals surface area contributed by atoms with Crippen LogP contribution in [0.2, 0.25) is 0 Å². The summed E-state index contributed by atoms with van der Waals surface area (Å²) < 4.78 is 4.96. The molecule has 3 N–H and O–H groups in total. The highest BCUT2D eigenvalue weighted by Gasteiger charge is 2.36. The average molecular weight is 242 g/mol. The molecule has 0 saturated heterocycles. The zero-order valence-electron chi connectivity index (χ0n) is 11.0. The predicted octanol–water partition coefficient (Wildman–Crippen LogP) is 1.44. The molecule has 0 radical (unpaired) electrons. The van der Waals surface area contributed by atoms with Gasteiger partial charge in [0, 0.05) is 26.8 Å². The molecule has 0 unspecified atom stereocenters. The molecule has 1 fully saturated rings. The lowest BCUT2D eigenvalue weighted by atomic mass is 9.79. The van der Waals surface area contributed by atoms with Gasteiger partial charge in [0.1, 0.15) is 0 Å². The number of rotatable bonds is 6. The Balaban J connectivity index is 2.43. The second kappa shape index (κ2) is 7.67. The van der Waals surface area contributed by atoms with E-state index in [2.05, 4.69) is 5.32 Å². The summed E-state index contributed by atoms with van der Waals surface area (Å²) in [7, 11) is 1.68. The van der Waals surface area contributed by atoms with E-state index in [4.69, 9.17) is 10.5 Å². The summed E-state index contributed by atoms with van der Waals surface area (Å²) in [4.78, 5) is 12.2. The molecular formula is C13H26N2O2. The highest BCUT2D eigenvalue weighted by Crippen LogP contribution is 2.34.